The maximum Gasteiger partial charge on any atom is 0.0915 e. The second kappa shape index (κ2) is 0.969. The summed E-state index contributed by atoms with van der Waals surface area (Å²) in [5.74, 6) is 0. The SMILES string of the molecule is [CH2]C1(CC)CO1. The largest absolute Gasteiger partial charge is 0.370 e. The van der Waals surface area contributed by atoms with E-state index in [1.54, 1.807) is 0 Å². The van der Waals surface area contributed by atoms with Gasteiger partial charge in [0, 0.05) is 0 Å². The van der Waals surface area contributed by atoms with Crippen LogP contribution in [0.1, 0.15) is 13.3 Å². The Morgan fingerprint density at radius 2 is 2.50 bits per heavy atom. The lowest BCUT2D eigenvalue weighted by Crippen LogP contribution is -1.99. The molecule has 1 heterocycles. The highest BCUT2D eigenvalue weighted by Crippen LogP contribution is 2.28. The molecular formula is C5H9O. The first-order valence-corrected chi connectivity index (χ1v) is 2.26. The number of hydrogen-bond acceptors (Lipinski definition) is 1. The summed E-state index contributed by atoms with van der Waals surface area (Å²) in [4.78, 5) is 0. The molecule has 0 aromatic rings. The number of rotatable bonds is 1. The van der Waals surface area contributed by atoms with Gasteiger partial charge in [0.15, 0.2) is 0 Å². The third-order valence-corrected chi connectivity index (χ3v) is 1.20. The van der Waals surface area contributed by atoms with E-state index in [4.69, 9.17) is 4.74 Å². The topological polar surface area (TPSA) is 12.5 Å². The first-order chi connectivity index (χ1) is 2.77. The van der Waals surface area contributed by atoms with Crippen molar-refractivity contribution in [1.29, 1.82) is 0 Å². The number of epoxide rings is 1. The Morgan fingerprint density at radius 1 is 2.00 bits per heavy atom. The molecule has 1 radical (unpaired) electrons. The molecule has 0 bridgehead atoms. The predicted molar refractivity (Wildman–Crippen MR) is 24.3 cm³/mol. The summed E-state index contributed by atoms with van der Waals surface area (Å²) >= 11 is 0. The van der Waals surface area contributed by atoms with Crippen molar-refractivity contribution >= 4 is 0 Å². The quantitative estimate of drug-likeness (QED) is 0.433. The van der Waals surface area contributed by atoms with Gasteiger partial charge in [0.2, 0.25) is 0 Å². The van der Waals surface area contributed by atoms with Crippen LogP contribution in [0, 0.1) is 6.92 Å². The van der Waals surface area contributed by atoms with Gasteiger partial charge in [0.05, 0.1) is 12.2 Å². The molecule has 1 heteroatoms. The standard InChI is InChI=1S/C5H9O/c1-3-5(2)4-6-5/h2-4H2,1H3. The van der Waals surface area contributed by atoms with Gasteiger partial charge < -0.3 is 4.74 Å². The van der Waals surface area contributed by atoms with Crippen molar-refractivity contribution in [2.75, 3.05) is 6.61 Å². The Labute approximate surface area is 38.3 Å². The van der Waals surface area contributed by atoms with E-state index < -0.39 is 0 Å². The molecule has 1 saturated heterocycles. The lowest BCUT2D eigenvalue weighted by Gasteiger charge is -1.91. The molecule has 35 valence electrons. The van der Waals surface area contributed by atoms with Gasteiger partial charge >= 0.3 is 0 Å². The number of hydrogen-bond donors (Lipinski definition) is 0. The fourth-order valence-electron chi connectivity index (χ4n) is 0.306. The molecule has 0 spiro atoms. The monoisotopic (exact) mass is 85.1 g/mol. The van der Waals surface area contributed by atoms with Crippen molar-refractivity contribution < 1.29 is 4.74 Å². The molecule has 0 aromatic heterocycles. The Balaban J connectivity index is 2.28. The van der Waals surface area contributed by atoms with Gasteiger partial charge in [-0.3, -0.25) is 0 Å². The minimum Gasteiger partial charge on any atom is -0.370 e. The molecule has 1 unspecified atom stereocenters. The van der Waals surface area contributed by atoms with Crippen molar-refractivity contribution in [1.82, 2.24) is 0 Å². The zero-order valence-electron chi connectivity index (χ0n) is 4.03. The average Bonchev–Trinajstić information content (AvgIpc) is 2.22. The molecule has 1 atom stereocenters. The van der Waals surface area contributed by atoms with Crippen LogP contribution in [0.2, 0.25) is 0 Å². The lowest BCUT2D eigenvalue weighted by molar-refractivity contribution is 0.342. The van der Waals surface area contributed by atoms with E-state index in [1.807, 2.05) is 0 Å². The fourth-order valence-corrected chi connectivity index (χ4v) is 0.306. The van der Waals surface area contributed by atoms with Crippen LogP contribution in [0.25, 0.3) is 0 Å². The van der Waals surface area contributed by atoms with E-state index in [2.05, 4.69) is 13.8 Å². The minimum atomic E-state index is 0.0417. The molecule has 0 aliphatic carbocycles. The average molecular weight is 85.1 g/mol. The maximum absolute atomic E-state index is 4.93. The van der Waals surface area contributed by atoms with Gasteiger partial charge in [0.1, 0.15) is 0 Å². The Bertz CT molecular complexity index is 55.0. The molecular weight excluding hydrogens is 76.1 g/mol. The van der Waals surface area contributed by atoms with Gasteiger partial charge in [0.25, 0.3) is 0 Å². The summed E-state index contributed by atoms with van der Waals surface area (Å²) < 4.78 is 4.93. The Morgan fingerprint density at radius 3 is 2.50 bits per heavy atom. The third-order valence-electron chi connectivity index (χ3n) is 1.20. The first-order valence-electron chi connectivity index (χ1n) is 2.26. The normalized spacial score (nSPS) is 43.0. The summed E-state index contributed by atoms with van der Waals surface area (Å²) in [6.07, 6.45) is 1.05. The predicted octanol–water partition coefficient (Wildman–Crippen LogP) is 0.999. The van der Waals surface area contributed by atoms with E-state index in [0.29, 0.717) is 0 Å². The Kier molecular flexibility index (Phi) is 0.667. The van der Waals surface area contributed by atoms with Crippen molar-refractivity contribution in [2.45, 2.75) is 18.9 Å². The Hall–Kier alpha value is -0.0400. The molecule has 0 saturated carbocycles. The van der Waals surface area contributed by atoms with Crippen LogP contribution in [-0.4, -0.2) is 12.2 Å². The summed E-state index contributed by atoms with van der Waals surface area (Å²) in [6.45, 7) is 6.73. The maximum atomic E-state index is 4.93. The molecule has 0 amide bonds. The fraction of sp³-hybridized carbons (Fsp3) is 0.800. The van der Waals surface area contributed by atoms with Gasteiger partial charge in [-0.2, -0.15) is 0 Å². The van der Waals surface area contributed by atoms with Gasteiger partial charge in [-0.1, -0.05) is 6.92 Å². The molecule has 1 nitrogen and oxygen atoms in total. The van der Waals surface area contributed by atoms with Gasteiger partial charge in [-0.05, 0) is 13.3 Å². The van der Waals surface area contributed by atoms with E-state index in [9.17, 15) is 0 Å². The summed E-state index contributed by atoms with van der Waals surface area (Å²) in [7, 11) is 0. The molecule has 6 heavy (non-hydrogen) atoms. The second-order valence-corrected chi connectivity index (χ2v) is 1.83. The van der Waals surface area contributed by atoms with Crippen molar-refractivity contribution in [2.24, 2.45) is 0 Å². The zero-order valence-corrected chi connectivity index (χ0v) is 4.03. The van der Waals surface area contributed by atoms with Crippen LogP contribution < -0.4 is 0 Å². The van der Waals surface area contributed by atoms with Crippen LogP contribution in [-0.2, 0) is 4.74 Å². The van der Waals surface area contributed by atoms with Crippen LogP contribution in [0.5, 0.6) is 0 Å². The summed E-state index contributed by atoms with van der Waals surface area (Å²) in [6, 6.07) is 0. The van der Waals surface area contributed by atoms with Gasteiger partial charge in [-0.25, -0.2) is 0 Å². The van der Waals surface area contributed by atoms with E-state index in [0.717, 1.165) is 13.0 Å². The van der Waals surface area contributed by atoms with Crippen LogP contribution >= 0.6 is 0 Å². The van der Waals surface area contributed by atoms with Crippen LogP contribution in [0.15, 0.2) is 0 Å². The molecule has 0 aromatic carbocycles. The van der Waals surface area contributed by atoms with Crippen LogP contribution in [0.4, 0.5) is 0 Å². The minimum absolute atomic E-state index is 0.0417. The zero-order chi connectivity index (χ0) is 4.62. The highest BCUT2D eigenvalue weighted by molar-refractivity contribution is 4.92. The molecule has 1 aliphatic rings. The van der Waals surface area contributed by atoms with E-state index in [1.165, 1.54) is 0 Å². The second-order valence-electron chi connectivity index (χ2n) is 1.83. The highest BCUT2D eigenvalue weighted by Gasteiger charge is 2.36. The smallest absolute Gasteiger partial charge is 0.0915 e. The highest BCUT2D eigenvalue weighted by atomic mass is 16.6. The molecule has 0 N–H and O–H groups in total. The summed E-state index contributed by atoms with van der Waals surface area (Å²) in [5.41, 5.74) is 0.0417. The van der Waals surface area contributed by atoms with Crippen molar-refractivity contribution in [3.8, 4) is 0 Å². The molecule has 1 aliphatic heterocycles. The van der Waals surface area contributed by atoms with Crippen LogP contribution in [0.3, 0.4) is 0 Å². The lowest BCUT2D eigenvalue weighted by atomic mass is 10.1. The van der Waals surface area contributed by atoms with E-state index in [-0.39, 0.29) is 5.60 Å². The molecule has 1 fully saturated rings. The first kappa shape index (κ1) is 4.13. The summed E-state index contributed by atoms with van der Waals surface area (Å²) in [5, 5.41) is 0. The van der Waals surface area contributed by atoms with Crippen molar-refractivity contribution in [3.63, 3.8) is 0 Å². The van der Waals surface area contributed by atoms with Gasteiger partial charge in [-0.15, -0.1) is 0 Å². The molecule has 1 rings (SSSR count). The van der Waals surface area contributed by atoms with E-state index >= 15 is 0 Å². The van der Waals surface area contributed by atoms with Crippen molar-refractivity contribution in [3.05, 3.63) is 6.92 Å². The third kappa shape index (κ3) is 0.548. The number of ether oxygens (including phenoxy) is 1.